The molecule has 1 aromatic carbocycles. The third kappa shape index (κ3) is 2.14. The molecule has 4 nitrogen and oxygen atoms in total. The molecule has 4 rings (SSSR count). The summed E-state index contributed by atoms with van der Waals surface area (Å²) in [6.45, 7) is 5.44. The molecular weight excluding hydrogens is 231 g/mol. The molecule has 2 atom stereocenters. The number of fused-ring (bicyclic) bond motifs is 3. The standard InChI is InChI=1S/C13H19FN4/c14-11-3-1-2-10(8-11)13(16-15)12-9-17-4-6-18(12)7-5-17/h1-3,8,12-13,16H,4-7,9,15H2. The molecule has 0 aromatic heterocycles. The summed E-state index contributed by atoms with van der Waals surface area (Å²) in [5.41, 5.74) is 3.79. The predicted molar refractivity (Wildman–Crippen MR) is 68.3 cm³/mol. The maximum Gasteiger partial charge on any atom is 0.123 e. The van der Waals surface area contributed by atoms with Gasteiger partial charge in [0.15, 0.2) is 0 Å². The van der Waals surface area contributed by atoms with Crippen LogP contribution in [0.1, 0.15) is 11.6 Å². The lowest BCUT2D eigenvalue weighted by Crippen LogP contribution is -2.64. The Kier molecular flexibility index (Phi) is 3.30. The summed E-state index contributed by atoms with van der Waals surface area (Å²) >= 11 is 0. The van der Waals surface area contributed by atoms with Gasteiger partial charge in [0.1, 0.15) is 5.82 Å². The Bertz CT molecular complexity index is 417. The fourth-order valence-electron chi connectivity index (χ4n) is 3.10. The van der Waals surface area contributed by atoms with E-state index in [2.05, 4.69) is 15.2 Å². The number of halogens is 1. The maximum absolute atomic E-state index is 13.3. The summed E-state index contributed by atoms with van der Waals surface area (Å²) in [6, 6.07) is 7.04. The number of nitrogens with zero attached hydrogens (tertiary/aromatic N) is 2. The number of hydrogen-bond donors (Lipinski definition) is 2. The van der Waals surface area contributed by atoms with Crippen LogP contribution in [-0.4, -0.2) is 48.6 Å². The van der Waals surface area contributed by atoms with Crippen molar-refractivity contribution < 1.29 is 4.39 Å². The van der Waals surface area contributed by atoms with E-state index in [1.807, 2.05) is 6.07 Å². The van der Waals surface area contributed by atoms with Crippen LogP contribution in [0, 0.1) is 5.82 Å². The highest BCUT2D eigenvalue weighted by Crippen LogP contribution is 2.27. The monoisotopic (exact) mass is 250 g/mol. The van der Waals surface area contributed by atoms with E-state index >= 15 is 0 Å². The van der Waals surface area contributed by atoms with Crippen molar-refractivity contribution in [3.05, 3.63) is 35.6 Å². The molecule has 98 valence electrons. The van der Waals surface area contributed by atoms with E-state index in [0.29, 0.717) is 6.04 Å². The molecule has 3 heterocycles. The Morgan fingerprint density at radius 1 is 1.28 bits per heavy atom. The molecule has 0 radical (unpaired) electrons. The number of benzene rings is 1. The lowest BCUT2D eigenvalue weighted by molar-refractivity contribution is -0.00373. The minimum atomic E-state index is -0.205. The van der Waals surface area contributed by atoms with Crippen LogP contribution in [0.4, 0.5) is 4.39 Å². The number of nitrogens with two attached hydrogens (primary N) is 1. The highest BCUT2D eigenvalue weighted by molar-refractivity contribution is 5.22. The molecule has 3 N–H and O–H groups in total. The number of hydrogen-bond acceptors (Lipinski definition) is 4. The molecule has 2 unspecified atom stereocenters. The lowest BCUT2D eigenvalue weighted by atomic mass is 9.94. The first kappa shape index (κ1) is 12.0. The van der Waals surface area contributed by atoms with E-state index in [1.165, 1.54) is 6.07 Å². The van der Waals surface area contributed by atoms with Gasteiger partial charge in [-0.25, -0.2) is 4.39 Å². The van der Waals surface area contributed by atoms with Crippen molar-refractivity contribution in [3.8, 4) is 0 Å². The molecule has 0 aliphatic carbocycles. The molecule has 3 saturated heterocycles. The highest BCUT2D eigenvalue weighted by Gasteiger charge is 2.37. The Morgan fingerprint density at radius 2 is 2.06 bits per heavy atom. The second-order valence-corrected chi connectivity index (χ2v) is 5.10. The molecule has 3 fully saturated rings. The van der Waals surface area contributed by atoms with E-state index < -0.39 is 0 Å². The van der Waals surface area contributed by atoms with Crippen LogP contribution in [0.25, 0.3) is 0 Å². The van der Waals surface area contributed by atoms with Crippen LogP contribution in [0.3, 0.4) is 0 Å². The number of nitrogens with one attached hydrogen (secondary N) is 1. The van der Waals surface area contributed by atoms with E-state index in [0.717, 1.165) is 38.3 Å². The second kappa shape index (κ2) is 4.93. The first-order valence-corrected chi connectivity index (χ1v) is 6.46. The lowest BCUT2D eigenvalue weighted by Gasteiger charge is -2.50. The molecule has 0 spiro atoms. The van der Waals surface area contributed by atoms with E-state index in [4.69, 9.17) is 5.84 Å². The van der Waals surface area contributed by atoms with Crippen molar-refractivity contribution in [3.63, 3.8) is 0 Å². The normalized spacial score (nSPS) is 32.4. The Balaban J connectivity index is 1.84. The molecule has 2 bridgehead atoms. The van der Waals surface area contributed by atoms with Crippen molar-refractivity contribution >= 4 is 0 Å². The average Bonchev–Trinajstić information content (AvgIpc) is 2.41. The average molecular weight is 250 g/mol. The SMILES string of the molecule is NNC(c1cccc(F)c1)C1CN2CCN1CC2. The van der Waals surface area contributed by atoms with Gasteiger partial charge in [-0.2, -0.15) is 0 Å². The van der Waals surface area contributed by atoms with Gasteiger partial charge in [0, 0.05) is 38.8 Å². The van der Waals surface area contributed by atoms with Gasteiger partial charge in [0.2, 0.25) is 0 Å². The van der Waals surface area contributed by atoms with Gasteiger partial charge in [0.25, 0.3) is 0 Å². The fourth-order valence-corrected chi connectivity index (χ4v) is 3.10. The van der Waals surface area contributed by atoms with Crippen molar-refractivity contribution in [2.24, 2.45) is 5.84 Å². The third-order valence-electron chi connectivity index (χ3n) is 4.09. The van der Waals surface area contributed by atoms with E-state index in [-0.39, 0.29) is 11.9 Å². The van der Waals surface area contributed by atoms with Crippen LogP contribution in [-0.2, 0) is 0 Å². The van der Waals surface area contributed by atoms with Crippen LogP contribution in [0.2, 0.25) is 0 Å². The third-order valence-corrected chi connectivity index (χ3v) is 4.09. The van der Waals surface area contributed by atoms with Gasteiger partial charge in [-0.3, -0.25) is 21.1 Å². The number of hydrazine groups is 1. The smallest absolute Gasteiger partial charge is 0.123 e. The van der Waals surface area contributed by atoms with Crippen molar-refractivity contribution in [2.75, 3.05) is 32.7 Å². The van der Waals surface area contributed by atoms with Crippen molar-refractivity contribution in [1.29, 1.82) is 0 Å². The maximum atomic E-state index is 13.3. The zero-order valence-corrected chi connectivity index (χ0v) is 10.3. The van der Waals surface area contributed by atoms with Crippen LogP contribution >= 0.6 is 0 Å². The molecule has 1 aromatic rings. The largest absolute Gasteiger partial charge is 0.299 e. The van der Waals surface area contributed by atoms with E-state index in [9.17, 15) is 4.39 Å². The molecule has 0 amide bonds. The first-order chi connectivity index (χ1) is 8.78. The molecule has 3 aliphatic heterocycles. The minimum absolute atomic E-state index is 0.0104. The van der Waals surface area contributed by atoms with Crippen LogP contribution in [0.5, 0.6) is 0 Å². The van der Waals surface area contributed by atoms with Crippen molar-refractivity contribution in [2.45, 2.75) is 12.1 Å². The number of piperazine rings is 3. The van der Waals surface area contributed by atoms with Gasteiger partial charge in [-0.15, -0.1) is 0 Å². The molecule has 3 aliphatic rings. The predicted octanol–water partition coefficient (Wildman–Crippen LogP) is 0.330. The Morgan fingerprint density at radius 3 is 2.61 bits per heavy atom. The second-order valence-electron chi connectivity index (χ2n) is 5.10. The van der Waals surface area contributed by atoms with Gasteiger partial charge in [0.05, 0.1) is 6.04 Å². The number of rotatable bonds is 3. The topological polar surface area (TPSA) is 44.5 Å². The van der Waals surface area contributed by atoms with Gasteiger partial charge >= 0.3 is 0 Å². The van der Waals surface area contributed by atoms with Gasteiger partial charge < -0.3 is 0 Å². The van der Waals surface area contributed by atoms with E-state index in [1.54, 1.807) is 12.1 Å². The first-order valence-electron chi connectivity index (χ1n) is 6.46. The summed E-state index contributed by atoms with van der Waals surface area (Å²) in [4.78, 5) is 4.91. The van der Waals surface area contributed by atoms with Gasteiger partial charge in [-0.05, 0) is 17.7 Å². The fraction of sp³-hybridized carbons (Fsp3) is 0.538. The minimum Gasteiger partial charge on any atom is -0.299 e. The van der Waals surface area contributed by atoms with Gasteiger partial charge in [-0.1, -0.05) is 12.1 Å². The molecular formula is C13H19FN4. The summed E-state index contributed by atoms with van der Waals surface area (Å²) in [5.74, 6) is 5.50. The molecule has 18 heavy (non-hydrogen) atoms. The molecule has 0 saturated carbocycles. The quantitative estimate of drug-likeness (QED) is 0.599. The van der Waals surface area contributed by atoms with Crippen molar-refractivity contribution in [1.82, 2.24) is 15.2 Å². The van der Waals surface area contributed by atoms with Crippen LogP contribution < -0.4 is 11.3 Å². The molecule has 5 heteroatoms. The zero-order chi connectivity index (χ0) is 12.5. The Hall–Kier alpha value is -1.01. The summed E-state index contributed by atoms with van der Waals surface area (Å²) < 4.78 is 13.3. The zero-order valence-electron chi connectivity index (χ0n) is 10.3. The summed E-state index contributed by atoms with van der Waals surface area (Å²) in [7, 11) is 0. The summed E-state index contributed by atoms with van der Waals surface area (Å²) in [5, 5.41) is 0. The summed E-state index contributed by atoms with van der Waals surface area (Å²) in [6.07, 6.45) is 0. The Labute approximate surface area is 107 Å². The van der Waals surface area contributed by atoms with Crippen LogP contribution in [0.15, 0.2) is 24.3 Å². The highest BCUT2D eigenvalue weighted by atomic mass is 19.1.